The number of hydrogen-bond donors (Lipinski definition) is 0. The van der Waals surface area contributed by atoms with Gasteiger partial charge in [-0.15, -0.1) is 0 Å². The summed E-state index contributed by atoms with van der Waals surface area (Å²) in [6, 6.07) is 20.7. The summed E-state index contributed by atoms with van der Waals surface area (Å²) in [5, 5.41) is 6.71. The summed E-state index contributed by atoms with van der Waals surface area (Å²) in [5.41, 5.74) is 1.80. The van der Waals surface area contributed by atoms with Crippen molar-refractivity contribution in [3.05, 3.63) is 83.8 Å². The highest BCUT2D eigenvalue weighted by atomic mass is 16.7. The van der Waals surface area contributed by atoms with Crippen LogP contribution in [0.4, 0.5) is 0 Å². The molecule has 0 saturated carbocycles. The van der Waals surface area contributed by atoms with Gasteiger partial charge in [0, 0.05) is 6.21 Å². The van der Waals surface area contributed by atoms with E-state index in [4.69, 9.17) is 9.31 Å². The van der Waals surface area contributed by atoms with E-state index in [1.165, 1.54) is 11.1 Å². The fourth-order valence-corrected chi connectivity index (χ4v) is 2.97. The van der Waals surface area contributed by atoms with Gasteiger partial charge in [0.15, 0.2) is 0 Å². The number of hydrazone groups is 1. The van der Waals surface area contributed by atoms with Crippen molar-refractivity contribution in [3.63, 3.8) is 0 Å². The third-order valence-corrected chi connectivity index (χ3v) is 5.27. The first-order valence-corrected chi connectivity index (χ1v) is 9.75. The van der Waals surface area contributed by atoms with Gasteiger partial charge in [-0.1, -0.05) is 66.6 Å². The van der Waals surface area contributed by atoms with Crippen molar-refractivity contribution < 1.29 is 9.31 Å². The van der Waals surface area contributed by atoms with Crippen molar-refractivity contribution in [2.24, 2.45) is 5.10 Å². The summed E-state index contributed by atoms with van der Waals surface area (Å²) < 4.78 is 12.0. The molecule has 0 radical (unpaired) electrons. The van der Waals surface area contributed by atoms with Crippen LogP contribution in [-0.2, 0) is 22.4 Å². The van der Waals surface area contributed by atoms with Crippen molar-refractivity contribution >= 4 is 13.3 Å². The Morgan fingerprint density at radius 1 is 0.821 bits per heavy atom. The smallest absolute Gasteiger partial charge is 0.400 e. The Labute approximate surface area is 169 Å². The molecule has 0 unspecified atom stereocenters. The Balaban J connectivity index is 1.65. The van der Waals surface area contributed by atoms with Crippen LogP contribution in [0.3, 0.4) is 0 Å². The van der Waals surface area contributed by atoms with Crippen LogP contribution < -0.4 is 0 Å². The van der Waals surface area contributed by atoms with Crippen LogP contribution in [0.1, 0.15) is 38.8 Å². The van der Waals surface area contributed by atoms with Gasteiger partial charge in [0.2, 0.25) is 0 Å². The van der Waals surface area contributed by atoms with Gasteiger partial charge in [0.1, 0.15) is 0 Å². The molecule has 0 aromatic heterocycles. The second kappa shape index (κ2) is 8.76. The van der Waals surface area contributed by atoms with Crippen molar-refractivity contribution in [2.45, 2.75) is 52.0 Å². The zero-order valence-electron chi connectivity index (χ0n) is 17.2. The van der Waals surface area contributed by atoms with Crippen molar-refractivity contribution in [1.29, 1.82) is 0 Å². The van der Waals surface area contributed by atoms with Gasteiger partial charge in [-0.3, -0.25) is 5.01 Å². The minimum absolute atomic E-state index is 0.328. The predicted octanol–water partition coefficient (Wildman–Crippen LogP) is 4.86. The minimum atomic E-state index is -0.354. The normalized spacial score (nSPS) is 18.2. The molecule has 4 nitrogen and oxygen atoms in total. The van der Waals surface area contributed by atoms with Gasteiger partial charge in [-0.25, -0.2) is 0 Å². The monoisotopic (exact) mass is 376 g/mol. The number of rotatable bonds is 7. The van der Waals surface area contributed by atoms with Gasteiger partial charge in [0.25, 0.3) is 0 Å². The third kappa shape index (κ3) is 5.34. The van der Waals surface area contributed by atoms with Crippen molar-refractivity contribution in [2.75, 3.05) is 0 Å². The summed E-state index contributed by atoms with van der Waals surface area (Å²) in [7, 11) is -0.354. The first-order chi connectivity index (χ1) is 13.4. The zero-order valence-corrected chi connectivity index (χ0v) is 17.2. The molecule has 0 amide bonds. The molecular weight excluding hydrogens is 347 g/mol. The maximum atomic E-state index is 5.98. The van der Waals surface area contributed by atoms with Crippen LogP contribution in [0.2, 0.25) is 0 Å². The maximum absolute atomic E-state index is 5.98. The maximum Gasteiger partial charge on any atom is 0.487 e. The molecule has 2 aromatic carbocycles. The SMILES string of the molecule is CC1(C)OB(/C=C/C=N\N(Cc2ccccc2)Cc2ccccc2)OC1(C)C. The Morgan fingerprint density at radius 2 is 1.29 bits per heavy atom. The molecule has 0 spiro atoms. The highest BCUT2D eigenvalue weighted by molar-refractivity contribution is 6.52. The van der Waals surface area contributed by atoms with Crippen LogP contribution in [0.5, 0.6) is 0 Å². The van der Waals surface area contributed by atoms with Crippen LogP contribution in [0.25, 0.3) is 0 Å². The molecule has 0 aliphatic carbocycles. The summed E-state index contributed by atoms with van der Waals surface area (Å²) in [6.45, 7) is 9.70. The van der Waals surface area contributed by atoms with E-state index in [0.29, 0.717) is 0 Å². The molecule has 2 aromatic rings. The van der Waals surface area contributed by atoms with Crippen molar-refractivity contribution in [1.82, 2.24) is 5.01 Å². The zero-order chi connectivity index (χ0) is 20.0. The average Bonchev–Trinajstić information content (AvgIpc) is 2.87. The highest BCUT2D eigenvalue weighted by Crippen LogP contribution is 2.36. The van der Waals surface area contributed by atoms with Gasteiger partial charge in [-0.05, 0) is 44.9 Å². The lowest BCUT2D eigenvalue weighted by Gasteiger charge is -2.32. The molecule has 5 heteroatoms. The van der Waals surface area contributed by atoms with E-state index < -0.39 is 0 Å². The lowest BCUT2D eigenvalue weighted by Crippen LogP contribution is -2.41. The lowest BCUT2D eigenvalue weighted by molar-refractivity contribution is 0.00578. The summed E-state index contributed by atoms with van der Waals surface area (Å²) in [4.78, 5) is 0. The Morgan fingerprint density at radius 3 is 1.75 bits per heavy atom. The molecule has 0 atom stereocenters. The first kappa shape index (κ1) is 20.4. The minimum Gasteiger partial charge on any atom is -0.400 e. The molecular formula is C23H29BN2O2. The number of allylic oxidation sites excluding steroid dienone is 1. The molecule has 1 fully saturated rings. The fraction of sp³-hybridized carbons (Fsp3) is 0.348. The number of benzene rings is 2. The lowest BCUT2D eigenvalue weighted by atomic mass is 9.90. The van der Waals surface area contributed by atoms with E-state index >= 15 is 0 Å². The molecule has 1 heterocycles. The highest BCUT2D eigenvalue weighted by Gasteiger charge is 2.49. The molecule has 1 saturated heterocycles. The van der Waals surface area contributed by atoms with Gasteiger partial charge in [0.05, 0.1) is 24.3 Å². The average molecular weight is 376 g/mol. The topological polar surface area (TPSA) is 34.1 Å². The summed E-state index contributed by atoms with van der Waals surface area (Å²) in [5.74, 6) is 1.91. The quantitative estimate of drug-likeness (QED) is 0.393. The molecule has 3 rings (SSSR count). The number of hydrogen-bond acceptors (Lipinski definition) is 4. The van der Waals surface area contributed by atoms with E-state index in [0.717, 1.165) is 13.1 Å². The van der Waals surface area contributed by atoms with Gasteiger partial charge >= 0.3 is 7.12 Å². The Hall–Kier alpha value is -2.37. The fourth-order valence-electron chi connectivity index (χ4n) is 2.97. The van der Waals surface area contributed by atoms with E-state index in [1.807, 2.05) is 24.2 Å². The van der Waals surface area contributed by atoms with Crippen LogP contribution in [0.15, 0.2) is 77.8 Å². The van der Waals surface area contributed by atoms with E-state index in [-0.39, 0.29) is 18.3 Å². The third-order valence-electron chi connectivity index (χ3n) is 5.27. The molecule has 1 aliphatic heterocycles. The predicted molar refractivity (Wildman–Crippen MR) is 116 cm³/mol. The standard InChI is InChI=1S/C23H29BN2O2/c1-22(2)23(3,4)28-24(27-22)16-11-17-25-26(18-20-12-7-5-8-13-20)19-21-14-9-6-10-15-21/h5-17H,18-19H2,1-4H3/b16-11+,25-17-. The number of nitrogens with zero attached hydrogens (tertiary/aromatic N) is 2. The molecule has 1 aliphatic rings. The molecule has 28 heavy (non-hydrogen) atoms. The summed E-state index contributed by atoms with van der Waals surface area (Å²) >= 11 is 0. The Kier molecular flexibility index (Phi) is 6.37. The van der Waals surface area contributed by atoms with Crippen LogP contribution in [-0.4, -0.2) is 29.5 Å². The van der Waals surface area contributed by atoms with Gasteiger partial charge in [-0.2, -0.15) is 5.10 Å². The van der Waals surface area contributed by atoms with Crippen molar-refractivity contribution in [3.8, 4) is 0 Å². The first-order valence-electron chi connectivity index (χ1n) is 9.75. The van der Waals surface area contributed by atoms with E-state index in [1.54, 1.807) is 6.21 Å². The second-order valence-corrected chi connectivity index (χ2v) is 8.07. The molecule has 0 bridgehead atoms. The Bertz CT molecular complexity index is 746. The summed E-state index contributed by atoms with van der Waals surface area (Å²) in [6.07, 6.45) is 3.70. The van der Waals surface area contributed by atoms with E-state index in [2.05, 4.69) is 86.3 Å². The molecule has 146 valence electrons. The van der Waals surface area contributed by atoms with Crippen LogP contribution >= 0.6 is 0 Å². The van der Waals surface area contributed by atoms with Crippen LogP contribution in [0, 0.1) is 0 Å². The second-order valence-electron chi connectivity index (χ2n) is 8.07. The largest absolute Gasteiger partial charge is 0.487 e. The van der Waals surface area contributed by atoms with Gasteiger partial charge < -0.3 is 9.31 Å². The molecule has 0 N–H and O–H groups in total. The van der Waals surface area contributed by atoms with E-state index in [9.17, 15) is 0 Å².